The molecule has 2 aromatic rings. The molecule has 0 aliphatic rings. The number of alkyl halides is 1. The van der Waals surface area contributed by atoms with Gasteiger partial charge in [-0.1, -0.05) is 22.0 Å². The van der Waals surface area contributed by atoms with Gasteiger partial charge in [-0.3, -0.25) is 0 Å². The van der Waals surface area contributed by atoms with Crippen molar-refractivity contribution in [1.82, 2.24) is 9.97 Å². The van der Waals surface area contributed by atoms with Gasteiger partial charge in [0.05, 0.1) is 5.38 Å². The van der Waals surface area contributed by atoms with Gasteiger partial charge in [-0.15, -0.1) is 11.6 Å². The number of nitrogens with one attached hydrogen (secondary N) is 1. The Morgan fingerprint density at radius 1 is 1.50 bits per heavy atom. The van der Waals surface area contributed by atoms with E-state index in [0.29, 0.717) is 0 Å². The molecular formula is C12H12BrClN2. The lowest BCUT2D eigenvalue weighted by Gasteiger charge is -2.11. The van der Waals surface area contributed by atoms with E-state index in [1.165, 1.54) is 5.56 Å². The van der Waals surface area contributed by atoms with Gasteiger partial charge in [-0.05, 0) is 30.2 Å². The molecule has 0 saturated heterocycles. The van der Waals surface area contributed by atoms with E-state index in [0.717, 1.165) is 22.3 Å². The molecule has 0 aliphatic heterocycles. The number of H-pyrrole nitrogens is 1. The highest BCUT2D eigenvalue weighted by atomic mass is 79.9. The Balaban J connectivity index is 2.17. The van der Waals surface area contributed by atoms with E-state index in [2.05, 4.69) is 45.0 Å². The quantitative estimate of drug-likeness (QED) is 0.853. The standard InChI is InChI=1S/C12H12BrClN2/c1-8-6-9(13)2-3-10(8)11(14)7-12-15-4-5-16-12/h2-6,11H,7H2,1H3,(H,15,16). The van der Waals surface area contributed by atoms with E-state index in [9.17, 15) is 0 Å². The summed E-state index contributed by atoms with van der Waals surface area (Å²) in [5, 5.41) is -0.0424. The maximum Gasteiger partial charge on any atom is 0.107 e. The smallest absolute Gasteiger partial charge is 0.107 e. The highest BCUT2D eigenvalue weighted by Crippen LogP contribution is 2.28. The molecule has 1 N–H and O–H groups in total. The zero-order chi connectivity index (χ0) is 11.5. The molecule has 16 heavy (non-hydrogen) atoms. The van der Waals surface area contributed by atoms with Crippen LogP contribution in [0, 0.1) is 6.92 Å². The maximum atomic E-state index is 6.38. The van der Waals surface area contributed by atoms with Crippen molar-refractivity contribution < 1.29 is 0 Å². The Morgan fingerprint density at radius 3 is 2.94 bits per heavy atom. The third-order valence-corrected chi connectivity index (χ3v) is 3.38. The van der Waals surface area contributed by atoms with Gasteiger partial charge >= 0.3 is 0 Å². The second kappa shape index (κ2) is 5.02. The zero-order valence-electron chi connectivity index (χ0n) is 8.87. The molecule has 0 bridgehead atoms. The molecule has 1 heterocycles. The Hall–Kier alpha value is -0.800. The summed E-state index contributed by atoms with van der Waals surface area (Å²) in [6, 6.07) is 6.15. The van der Waals surface area contributed by atoms with Crippen LogP contribution in [-0.4, -0.2) is 9.97 Å². The second-order valence-corrected chi connectivity index (χ2v) is 5.15. The Bertz CT molecular complexity index is 468. The summed E-state index contributed by atoms with van der Waals surface area (Å²) in [6.45, 7) is 2.07. The first-order valence-electron chi connectivity index (χ1n) is 5.05. The summed E-state index contributed by atoms with van der Waals surface area (Å²) < 4.78 is 1.08. The number of imidazole rings is 1. The molecule has 4 heteroatoms. The largest absolute Gasteiger partial charge is 0.349 e. The second-order valence-electron chi connectivity index (χ2n) is 3.71. The molecule has 0 fully saturated rings. The summed E-state index contributed by atoms with van der Waals surface area (Å²) in [5.41, 5.74) is 2.35. The topological polar surface area (TPSA) is 28.7 Å². The van der Waals surface area contributed by atoms with Crippen molar-refractivity contribution in [2.24, 2.45) is 0 Å². The Labute approximate surface area is 108 Å². The van der Waals surface area contributed by atoms with E-state index >= 15 is 0 Å². The number of rotatable bonds is 3. The summed E-state index contributed by atoms with van der Waals surface area (Å²) >= 11 is 9.82. The molecule has 84 valence electrons. The van der Waals surface area contributed by atoms with Gasteiger partial charge in [0.1, 0.15) is 5.82 Å². The maximum absolute atomic E-state index is 6.38. The lowest BCUT2D eigenvalue weighted by molar-refractivity contribution is 0.849. The minimum absolute atomic E-state index is 0.0424. The van der Waals surface area contributed by atoms with Crippen molar-refractivity contribution in [3.8, 4) is 0 Å². The predicted octanol–water partition coefficient (Wildman–Crippen LogP) is 4.00. The number of halogens is 2. The monoisotopic (exact) mass is 298 g/mol. The van der Waals surface area contributed by atoms with Crippen LogP contribution in [0.25, 0.3) is 0 Å². The van der Waals surface area contributed by atoms with Crippen LogP contribution in [0.15, 0.2) is 35.1 Å². The third-order valence-electron chi connectivity index (χ3n) is 2.50. The minimum atomic E-state index is -0.0424. The number of hydrogen-bond acceptors (Lipinski definition) is 1. The van der Waals surface area contributed by atoms with Crippen LogP contribution in [0.1, 0.15) is 22.3 Å². The number of hydrogen-bond donors (Lipinski definition) is 1. The Morgan fingerprint density at radius 2 is 2.31 bits per heavy atom. The van der Waals surface area contributed by atoms with Crippen molar-refractivity contribution in [1.29, 1.82) is 0 Å². The molecule has 0 spiro atoms. The van der Waals surface area contributed by atoms with Crippen molar-refractivity contribution in [3.05, 3.63) is 52.0 Å². The lowest BCUT2D eigenvalue weighted by atomic mass is 10.0. The SMILES string of the molecule is Cc1cc(Br)ccc1C(Cl)Cc1ncc[nH]1. The highest BCUT2D eigenvalue weighted by Gasteiger charge is 2.12. The number of aryl methyl sites for hydroxylation is 1. The fraction of sp³-hybridized carbons (Fsp3) is 0.250. The molecule has 2 rings (SSSR count). The molecule has 0 saturated carbocycles. The van der Waals surface area contributed by atoms with E-state index in [-0.39, 0.29) is 5.38 Å². The predicted molar refractivity (Wildman–Crippen MR) is 69.8 cm³/mol. The molecule has 1 aromatic carbocycles. The first-order valence-corrected chi connectivity index (χ1v) is 6.28. The molecule has 1 aromatic heterocycles. The van der Waals surface area contributed by atoms with Crippen LogP contribution < -0.4 is 0 Å². The Kier molecular flexibility index (Phi) is 3.66. The van der Waals surface area contributed by atoms with E-state index < -0.39 is 0 Å². The third kappa shape index (κ3) is 2.66. The van der Waals surface area contributed by atoms with Gasteiger partial charge in [-0.2, -0.15) is 0 Å². The van der Waals surface area contributed by atoms with Gasteiger partial charge < -0.3 is 4.98 Å². The van der Waals surface area contributed by atoms with Crippen LogP contribution in [0.3, 0.4) is 0 Å². The molecule has 1 unspecified atom stereocenters. The normalized spacial score (nSPS) is 12.7. The van der Waals surface area contributed by atoms with Gasteiger partial charge in [0, 0.05) is 23.3 Å². The van der Waals surface area contributed by atoms with E-state index in [1.54, 1.807) is 6.20 Å². The summed E-state index contributed by atoms with van der Waals surface area (Å²) in [7, 11) is 0. The van der Waals surface area contributed by atoms with Gasteiger partial charge in [0.2, 0.25) is 0 Å². The first kappa shape index (κ1) is 11.7. The van der Waals surface area contributed by atoms with Gasteiger partial charge in [0.25, 0.3) is 0 Å². The van der Waals surface area contributed by atoms with Crippen molar-refractivity contribution in [3.63, 3.8) is 0 Å². The van der Waals surface area contributed by atoms with E-state index in [4.69, 9.17) is 11.6 Å². The lowest BCUT2D eigenvalue weighted by Crippen LogP contribution is -1.99. The van der Waals surface area contributed by atoms with E-state index in [1.807, 2.05) is 12.3 Å². The molecule has 0 amide bonds. The zero-order valence-corrected chi connectivity index (χ0v) is 11.2. The summed E-state index contributed by atoms with van der Waals surface area (Å²) in [4.78, 5) is 7.24. The molecule has 2 nitrogen and oxygen atoms in total. The van der Waals surface area contributed by atoms with Crippen LogP contribution in [0.5, 0.6) is 0 Å². The fourth-order valence-corrected chi connectivity index (χ4v) is 2.55. The summed E-state index contributed by atoms with van der Waals surface area (Å²) in [6.07, 6.45) is 4.28. The number of aromatic amines is 1. The van der Waals surface area contributed by atoms with Crippen molar-refractivity contribution in [2.75, 3.05) is 0 Å². The van der Waals surface area contributed by atoms with Crippen LogP contribution in [-0.2, 0) is 6.42 Å². The minimum Gasteiger partial charge on any atom is -0.349 e. The molecule has 0 aliphatic carbocycles. The summed E-state index contributed by atoms with van der Waals surface area (Å²) in [5.74, 6) is 0.919. The van der Waals surface area contributed by atoms with Gasteiger partial charge in [-0.25, -0.2) is 4.98 Å². The van der Waals surface area contributed by atoms with Gasteiger partial charge in [0.15, 0.2) is 0 Å². The average Bonchev–Trinajstić information content (AvgIpc) is 2.70. The average molecular weight is 300 g/mol. The molecule has 0 radical (unpaired) electrons. The number of nitrogens with zero attached hydrogens (tertiary/aromatic N) is 1. The number of benzene rings is 1. The molecular weight excluding hydrogens is 288 g/mol. The van der Waals surface area contributed by atoms with Crippen molar-refractivity contribution in [2.45, 2.75) is 18.7 Å². The first-order chi connectivity index (χ1) is 7.66. The van der Waals surface area contributed by atoms with Crippen LogP contribution in [0.4, 0.5) is 0 Å². The molecule has 1 atom stereocenters. The van der Waals surface area contributed by atoms with Crippen LogP contribution >= 0.6 is 27.5 Å². The highest BCUT2D eigenvalue weighted by molar-refractivity contribution is 9.10. The number of aromatic nitrogens is 2. The fourth-order valence-electron chi connectivity index (χ4n) is 1.68. The van der Waals surface area contributed by atoms with Crippen molar-refractivity contribution >= 4 is 27.5 Å². The van der Waals surface area contributed by atoms with Crippen LogP contribution in [0.2, 0.25) is 0 Å².